The second-order valence-corrected chi connectivity index (χ2v) is 11.7. The van der Waals surface area contributed by atoms with E-state index in [-0.39, 0.29) is 22.8 Å². The van der Waals surface area contributed by atoms with Gasteiger partial charge in [-0.25, -0.2) is 4.98 Å². The van der Waals surface area contributed by atoms with E-state index in [4.69, 9.17) is 4.74 Å². The molecule has 8 rings (SSSR count). The van der Waals surface area contributed by atoms with Crippen LogP contribution in [-0.4, -0.2) is 92.2 Å². The molecule has 0 amide bonds. The molecule has 46 heavy (non-hydrogen) atoms. The molecule has 1 aliphatic carbocycles. The average Bonchev–Trinajstić information content (AvgIpc) is 3.60. The van der Waals surface area contributed by atoms with Crippen molar-refractivity contribution in [3.05, 3.63) is 80.4 Å². The van der Waals surface area contributed by atoms with Crippen LogP contribution in [-0.2, 0) is 4.74 Å². The second-order valence-electron chi connectivity index (χ2n) is 11.7. The summed E-state index contributed by atoms with van der Waals surface area (Å²) in [5, 5.41) is 82.1. The number of non-ortho nitro benzene ring substituents is 1. The number of imidazole rings is 1. The summed E-state index contributed by atoms with van der Waals surface area (Å²) in [6.07, 6.45) is -8.74. The van der Waals surface area contributed by atoms with Crippen molar-refractivity contribution in [2.45, 2.75) is 48.9 Å². The van der Waals surface area contributed by atoms with Crippen LogP contribution in [0.5, 0.6) is 0 Å². The molecule has 1 fully saturated rings. The molecule has 0 radical (unpaired) electrons. The van der Waals surface area contributed by atoms with Gasteiger partial charge in [0, 0.05) is 11.5 Å². The molecule has 16 nitrogen and oxygen atoms in total. The van der Waals surface area contributed by atoms with E-state index in [1.807, 2.05) is 0 Å². The number of anilines is 1. The predicted molar refractivity (Wildman–Crippen MR) is 161 cm³/mol. The predicted octanol–water partition coefficient (Wildman–Crippen LogP) is 0.459. The van der Waals surface area contributed by atoms with Gasteiger partial charge in [-0.15, -0.1) is 0 Å². The lowest BCUT2D eigenvalue weighted by molar-refractivity contribution is -0.383. The van der Waals surface area contributed by atoms with Crippen molar-refractivity contribution in [1.82, 2.24) is 19.5 Å². The lowest BCUT2D eigenvalue weighted by Gasteiger charge is -2.38. The number of rotatable bonds is 5. The minimum Gasteiger partial charge on any atom is -0.394 e. The molecule has 0 spiro atoms. The summed E-state index contributed by atoms with van der Waals surface area (Å²) in [6.45, 7) is -0.565. The number of hydrogen-bond acceptors (Lipinski definition) is 13. The SMILES string of the molecule is O=c1[nH]c(NC2c3c(cc4ccc5c([N+](=O)[O-])ccc6ccc3c4c65)C(O)C(O)C2O)nc2c1ncn2[C@@H]1O[C@H](CO)[C@@H](O)[C@H]1O. The summed E-state index contributed by atoms with van der Waals surface area (Å²) >= 11 is 0. The third-order valence-electron chi connectivity index (χ3n) is 9.19. The van der Waals surface area contributed by atoms with Crippen molar-refractivity contribution >= 4 is 55.1 Å². The number of nitro groups is 1. The topological polar surface area (TPSA) is 249 Å². The molecule has 236 valence electrons. The fraction of sp³-hybridized carbons (Fsp3) is 0.300. The van der Waals surface area contributed by atoms with Crippen LogP contribution in [0.2, 0.25) is 0 Å². The van der Waals surface area contributed by atoms with Crippen LogP contribution >= 0.6 is 0 Å². The number of aromatic amines is 1. The number of aliphatic hydroxyl groups excluding tert-OH is 6. The first-order valence-electron chi connectivity index (χ1n) is 14.4. The molecule has 3 heterocycles. The summed E-state index contributed by atoms with van der Waals surface area (Å²) < 4.78 is 6.83. The zero-order valence-electron chi connectivity index (χ0n) is 23.5. The highest BCUT2D eigenvalue weighted by atomic mass is 16.6. The molecular formula is C30H26N6O10. The molecule has 8 atom stereocenters. The molecule has 1 saturated heterocycles. The highest BCUT2D eigenvalue weighted by Gasteiger charge is 2.45. The third kappa shape index (κ3) is 3.89. The van der Waals surface area contributed by atoms with E-state index in [1.165, 1.54) is 17.0 Å². The van der Waals surface area contributed by atoms with Gasteiger partial charge in [-0.3, -0.25) is 24.5 Å². The van der Waals surface area contributed by atoms with Gasteiger partial charge in [0.05, 0.1) is 29.3 Å². The van der Waals surface area contributed by atoms with Crippen molar-refractivity contribution in [2.75, 3.05) is 11.9 Å². The van der Waals surface area contributed by atoms with Gasteiger partial charge >= 0.3 is 0 Å². The van der Waals surface area contributed by atoms with Crippen LogP contribution in [0.15, 0.2) is 53.6 Å². The number of fused-ring (bicyclic) bond motifs is 3. The lowest BCUT2D eigenvalue weighted by atomic mass is 9.77. The van der Waals surface area contributed by atoms with Gasteiger partial charge in [-0.1, -0.05) is 18.2 Å². The van der Waals surface area contributed by atoms with E-state index in [0.29, 0.717) is 38.1 Å². The Morgan fingerprint density at radius 3 is 2.41 bits per heavy atom. The Hall–Kier alpha value is -4.81. The number of benzene rings is 4. The summed E-state index contributed by atoms with van der Waals surface area (Å²) in [7, 11) is 0. The standard InChI is InChI=1S/C30H26N6O10/c37-8-16-23(39)26(42)29(46-16)35-9-31-21-27(35)33-30(34-28(21)43)32-20-19-13-5-1-10-3-6-15(36(44)45)12-4-2-11(18(13)17(10)12)7-14(19)22(38)25(41)24(20)40/h1-7,9,16,20,22-26,29,37-42H,8H2,(H2,32,33,34,43)/t16-,20?,22?,23-,24?,25?,26-,29-/m1/s1. The maximum atomic E-state index is 13.1. The van der Waals surface area contributed by atoms with Gasteiger partial charge in [-0.05, 0) is 50.9 Å². The Balaban J connectivity index is 1.30. The Labute approximate surface area is 256 Å². The van der Waals surface area contributed by atoms with E-state index in [2.05, 4.69) is 20.3 Å². The number of nitro benzene ring substituents is 1. The maximum Gasteiger partial charge on any atom is 0.280 e. The highest BCUT2D eigenvalue weighted by Crippen LogP contribution is 2.47. The Bertz CT molecular complexity index is 2250. The number of hydrogen-bond donors (Lipinski definition) is 8. The minimum absolute atomic E-state index is 0.0464. The zero-order valence-corrected chi connectivity index (χ0v) is 23.5. The quantitative estimate of drug-likeness (QED) is 0.0733. The number of ether oxygens (including phenoxy) is 1. The first-order valence-corrected chi connectivity index (χ1v) is 14.4. The summed E-state index contributed by atoms with van der Waals surface area (Å²) in [6, 6.07) is 10.5. The summed E-state index contributed by atoms with van der Waals surface area (Å²) in [5.74, 6) is -0.161. The molecule has 1 aliphatic heterocycles. The van der Waals surface area contributed by atoms with Gasteiger partial charge in [0.1, 0.15) is 36.6 Å². The summed E-state index contributed by atoms with van der Waals surface area (Å²) in [4.78, 5) is 35.6. The fourth-order valence-electron chi connectivity index (χ4n) is 6.99. The second kappa shape index (κ2) is 10.1. The average molecular weight is 631 g/mol. The summed E-state index contributed by atoms with van der Waals surface area (Å²) in [5.41, 5.74) is -0.241. The van der Waals surface area contributed by atoms with E-state index < -0.39 is 66.0 Å². The number of nitrogens with zero attached hydrogens (tertiary/aromatic N) is 4. The van der Waals surface area contributed by atoms with Crippen molar-refractivity contribution in [2.24, 2.45) is 0 Å². The number of H-pyrrole nitrogens is 1. The molecule has 0 bridgehead atoms. The van der Waals surface area contributed by atoms with Gasteiger partial charge in [0.2, 0.25) is 5.95 Å². The third-order valence-corrected chi connectivity index (χ3v) is 9.19. The first-order chi connectivity index (χ1) is 22.1. The zero-order chi connectivity index (χ0) is 32.2. The number of nitrogens with one attached hydrogen (secondary N) is 2. The Kier molecular flexibility index (Phi) is 6.29. The minimum atomic E-state index is -1.64. The molecule has 2 aromatic heterocycles. The Morgan fingerprint density at radius 2 is 1.67 bits per heavy atom. The van der Waals surface area contributed by atoms with Crippen LogP contribution in [0.4, 0.5) is 11.6 Å². The fourth-order valence-corrected chi connectivity index (χ4v) is 6.99. The van der Waals surface area contributed by atoms with E-state index >= 15 is 0 Å². The van der Waals surface area contributed by atoms with E-state index in [1.54, 1.807) is 36.4 Å². The van der Waals surface area contributed by atoms with Crippen LogP contribution in [0.25, 0.3) is 43.5 Å². The van der Waals surface area contributed by atoms with Gasteiger partial charge < -0.3 is 40.7 Å². The highest BCUT2D eigenvalue weighted by molar-refractivity contribution is 6.25. The van der Waals surface area contributed by atoms with Crippen LogP contribution in [0.1, 0.15) is 29.5 Å². The van der Waals surface area contributed by atoms with Crippen LogP contribution in [0, 0.1) is 10.1 Å². The normalized spacial score (nSPS) is 28.0. The van der Waals surface area contributed by atoms with Gasteiger partial charge in [-0.2, -0.15) is 4.98 Å². The van der Waals surface area contributed by atoms with E-state index in [0.717, 1.165) is 5.39 Å². The monoisotopic (exact) mass is 630 g/mol. The largest absolute Gasteiger partial charge is 0.394 e. The molecule has 16 heteroatoms. The first kappa shape index (κ1) is 28.6. The van der Waals surface area contributed by atoms with Crippen LogP contribution in [0.3, 0.4) is 0 Å². The molecule has 2 aliphatic rings. The van der Waals surface area contributed by atoms with Gasteiger partial charge in [0.15, 0.2) is 17.4 Å². The molecule has 8 N–H and O–H groups in total. The maximum absolute atomic E-state index is 13.1. The van der Waals surface area contributed by atoms with Crippen molar-refractivity contribution in [1.29, 1.82) is 0 Å². The van der Waals surface area contributed by atoms with Crippen molar-refractivity contribution in [3.8, 4) is 0 Å². The number of aromatic nitrogens is 4. The van der Waals surface area contributed by atoms with Gasteiger partial charge in [0.25, 0.3) is 11.2 Å². The smallest absolute Gasteiger partial charge is 0.280 e. The van der Waals surface area contributed by atoms with Crippen molar-refractivity contribution < 1.29 is 40.3 Å². The lowest BCUT2D eigenvalue weighted by Crippen LogP contribution is -2.44. The number of aliphatic hydroxyl groups is 6. The van der Waals surface area contributed by atoms with E-state index in [9.17, 15) is 45.5 Å². The molecule has 4 unspecified atom stereocenters. The van der Waals surface area contributed by atoms with Crippen molar-refractivity contribution in [3.63, 3.8) is 0 Å². The molecule has 0 saturated carbocycles. The molecule has 4 aromatic carbocycles. The Morgan fingerprint density at radius 1 is 0.957 bits per heavy atom. The van der Waals surface area contributed by atoms with Crippen LogP contribution < -0.4 is 10.9 Å². The molecule has 6 aromatic rings. The molecular weight excluding hydrogens is 604 g/mol.